The van der Waals surface area contributed by atoms with Crippen LogP contribution in [-0.2, 0) is 11.2 Å². The maximum Gasteiger partial charge on any atom is 0.255 e. The molecule has 0 aromatic heterocycles. The monoisotopic (exact) mass is 403 g/mol. The molecule has 6 heteroatoms. The molecule has 0 heterocycles. The van der Waals surface area contributed by atoms with Gasteiger partial charge in [-0.2, -0.15) is 0 Å². The van der Waals surface area contributed by atoms with E-state index >= 15 is 0 Å². The molecule has 3 aromatic carbocycles. The molecule has 3 rings (SSSR count). The Bertz CT molecular complexity index is 1020. The van der Waals surface area contributed by atoms with Crippen LogP contribution in [0.1, 0.15) is 21.5 Å². The van der Waals surface area contributed by atoms with E-state index in [1.807, 2.05) is 55.5 Å². The number of thiocarbonyl (C=S) groups is 1. The van der Waals surface area contributed by atoms with Crippen LogP contribution in [0.4, 0.5) is 11.4 Å². The second-order valence-electron chi connectivity index (χ2n) is 6.51. The molecule has 5 nitrogen and oxygen atoms in total. The van der Waals surface area contributed by atoms with E-state index in [2.05, 4.69) is 16.0 Å². The maximum absolute atomic E-state index is 12.4. The van der Waals surface area contributed by atoms with Crippen molar-refractivity contribution in [2.45, 2.75) is 13.3 Å². The van der Waals surface area contributed by atoms with E-state index in [1.165, 1.54) is 0 Å². The second kappa shape index (κ2) is 9.61. The Morgan fingerprint density at radius 2 is 1.38 bits per heavy atom. The van der Waals surface area contributed by atoms with Crippen LogP contribution in [0.2, 0.25) is 0 Å². The molecule has 0 aliphatic rings. The van der Waals surface area contributed by atoms with Crippen LogP contribution in [0, 0.1) is 6.92 Å². The van der Waals surface area contributed by atoms with Crippen molar-refractivity contribution >= 4 is 40.5 Å². The third-order valence-electron chi connectivity index (χ3n) is 4.25. The average Bonchev–Trinajstić information content (AvgIpc) is 2.70. The van der Waals surface area contributed by atoms with E-state index in [9.17, 15) is 9.59 Å². The minimum Gasteiger partial charge on any atom is -0.332 e. The van der Waals surface area contributed by atoms with Crippen LogP contribution in [-0.4, -0.2) is 16.9 Å². The standard InChI is InChI=1S/C23H21N3O2S/c1-16-7-5-6-10-20(16)22(28)24-18-11-13-19(14-12-18)25-23(29)26-21(27)15-17-8-3-2-4-9-17/h2-14H,15H2,1H3,(H,24,28)(H2,25,26,27,29). The van der Waals surface area contributed by atoms with Crippen molar-refractivity contribution in [1.29, 1.82) is 0 Å². The van der Waals surface area contributed by atoms with Gasteiger partial charge >= 0.3 is 0 Å². The van der Waals surface area contributed by atoms with E-state index in [1.54, 1.807) is 30.3 Å². The Hall–Kier alpha value is -3.51. The van der Waals surface area contributed by atoms with Gasteiger partial charge in [0.05, 0.1) is 6.42 Å². The molecule has 146 valence electrons. The largest absolute Gasteiger partial charge is 0.332 e. The molecular weight excluding hydrogens is 382 g/mol. The fourth-order valence-electron chi connectivity index (χ4n) is 2.78. The number of anilines is 2. The van der Waals surface area contributed by atoms with Crippen molar-refractivity contribution in [1.82, 2.24) is 5.32 Å². The summed E-state index contributed by atoms with van der Waals surface area (Å²) in [6, 6.07) is 24.0. The van der Waals surface area contributed by atoms with Crippen molar-refractivity contribution in [2.75, 3.05) is 10.6 Å². The molecule has 0 aliphatic carbocycles. The van der Waals surface area contributed by atoms with E-state index < -0.39 is 0 Å². The normalized spacial score (nSPS) is 10.1. The van der Waals surface area contributed by atoms with Crippen molar-refractivity contribution < 1.29 is 9.59 Å². The van der Waals surface area contributed by atoms with Gasteiger partial charge in [-0.25, -0.2) is 0 Å². The Kier molecular flexibility index (Phi) is 6.71. The van der Waals surface area contributed by atoms with Crippen LogP contribution >= 0.6 is 12.2 Å². The van der Waals surface area contributed by atoms with Crippen LogP contribution < -0.4 is 16.0 Å². The predicted molar refractivity (Wildman–Crippen MR) is 120 cm³/mol. The Morgan fingerprint density at radius 3 is 2.03 bits per heavy atom. The zero-order chi connectivity index (χ0) is 20.6. The fraction of sp³-hybridized carbons (Fsp3) is 0.0870. The highest BCUT2D eigenvalue weighted by atomic mass is 32.1. The summed E-state index contributed by atoms with van der Waals surface area (Å²) < 4.78 is 0. The summed E-state index contributed by atoms with van der Waals surface area (Å²) in [5, 5.41) is 8.72. The minimum atomic E-state index is -0.184. The third-order valence-corrected chi connectivity index (χ3v) is 4.45. The number of rotatable bonds is 5. The minimum absolute atomic E-state index is 0.160. The maximum atomic E-state index is 12.4. The van der Waals surface area contributed by atoms with Gasteiger partial charge < -0.3 is 16.0 Å². The van der Waals surface area contributed by atoms with Gasteiger partial charge in [0, 0.05) is 16.9 Å². The van der Waals surface area contributed by atoms with E-state index in [4.69, 9.17) is 12.2 Å². The first-order valence-corrected chi connectivity index (χ1v) is 9.54. The summed E-state index contributed by atoms with van der Waals surface area (Å²) in [7, 11) is 0. The molecule has 0 atom stereocenters. The average molecular weight is 404 g/mol. The molecule has 2 amide bonds. The van der Waals surface area contributed by atoms with Gasteiger partial charge in [-0.1, -0.05) is 48.5 Å². The summed E-state index contributed by atoms with van der Waals surface area (Å²) >= 11 is 5.20. The highest BCUT2D eigenvalue weighted by Crippen LogP contribution is 2.16. The lowest BCUT2D eigenvalue weighted by molar-refractivity contribution is -0.119. The van der Waals surface area contributed by atoms with Gasteiger partial charge in [0.2, 0.25) is 5.91 Å². The molecule has 29 heavy (non-hydrogen) atoms. The van der Waals surface area contributed by atoms with Gasteiger partial charge in [0.15, 0.2) is 5.11 Å². The highest BCUT2D eigenvalue weighted by molar-refractivity contribution is 7.80. The molecule has 3 N–H and O–H groups in total. The summed E-state index contributed by atoms with van der Waals surface area (Å²) in [5.74, 6) is -0.344. The Labute approximate surface area is 175 Å². The van der Waals surface area contributed by atoms with Crippen LogP contribution in [0.5, 0.6) is 0 Å². The number of amides is 2. The molecule has 0 bridgehead atoms. The van der Waals surface area contributed by atoms with Crippen molar-refractivity contribution in [2.24, 2.45) is 0 Å². The molecule has 3 aromatic rings. The van der Waals surface area contributed by atoms with Gasteiger partial charge in [0.1, 0.15) is 0 Å². The van der Waals surface area contributed by atoms with Crippen LogP contribution in [0.15, 0.2) is 78.9 Å². The Balaban J connectivity index is 1.52. The number of hydrogen-bond acceptors (Lipinski definition) is 3. The van der Waals surface area contributed by atoms with E-state index in [-0.39, 0.29) is 23.3 Å². The number of benzene rings is 3. The summed E-state index contributed by atoms with van der Waals surface area (Å²) in [6.07, 6.45) is 0.256. The molecule has 0 radical (unpaired) electrons. The number of aryl methyl sites for hydroxylation is 1. The van der Waals surface area contributed by atoms with Gasteiger partial charge in [-0.15, -0.1) is 0 Å². The fourth-order valence-corrected chi connectivity index (χ4v) is 3.01. The second-order valence-corrected chi connectivity index (χ2v) is 6.92. The van der Waals surface area contributed by atoms with Crippen LogP contribution in [0.3, 0.4) is 0 Å². The van der Waals surface area contributed by atoms with Gasteiger partial charge in [-0.05, 0) is 60.6 Å². The first kappa shape index (κ1) is 20.2. The lowest BCUT2D eigenvalue weighted by Crippen LogP contribution is -2.35. The molecule has 0 fully saturated rings. The summed E-state index contributed by atoms with van der Waals surface area (Å²) in [5.41, 5.74) is 3.85. The number of carbonyl (C=O) groups is 2. The lowest BCUT2D eigenvalue weighted by atomic mass is 10.1. The number of nitrogens with one attached hydrogen (secondary N) is 3. The zero-order valence-corrected chi connectivity index (χ0v) is 16.8. The SMILES string of the molecule is Cc1ccccc1C(=O)Nc1ccc(NC(=S)NC(=O)Cc2ccccc2)cc1. The summed E-state index contributed by atoms with van der Waals surface area (Å²) in [4.78, 5) is 24.4. The van der Waals surface area contributed by atoms with Gasteiger partial charge in [0.25, 0.3) is 5.91 Å². The molecule has 0 aliphatic heterocycles. The van der Waals surface area contributed by atoms with Crippen LogP contribution in [0.25, 0.3) is 0 Å². The molecule has 0 unspecified atom stereocenters. The van der Waals surface area contributed by atoms with Crippen molar-refractivity contribution in [3.05, 3.63) is 95.6 Å². The molecule has 0 saturated heterocycles. The Morgan fingerprint density at radius 1 is 0.793 bits per heavy atom. The van der Waals surface area contributed by atoms with Crippen molar-refractivity contribution in [3.63, 3.8) is 0 Å². The quantitative estimate of drug-likeness (QED) is 0.556. The number of hydrogen-bond donors (Lipinski definition) is 3. The van der Waals surface area contributed by atoms with Crippen molar-refractivity contribution in [3.8, 4) is 0 Å². The van der Waals surface area contributed by atoms with Gasteiger partial charge in [-0.3, -0.25) is 9.59 Å². The molecular formula is C23H21N3O2S. The summed E-state index contributed by atoms with van der Waals surface area (Å²) in [6.45, 7) is 1.90. The molecule has 0 spiro atoms. The lowest BCUT2D eigenvalue weighted by Gasteiger charge is -2.11. The zero-order valence-electron chi connectivity index (χ0n) is 15.9. The number of carbonyl (C=O) groups excluding carboxylic acids is 2. The smallest absolute Gasteiger partial charge is 0.255 e. The molecule has 0 saturated carbocycles. The van der Waals surface area contributed by atoms with E-state index in [0.29, 0.717) is 16.9 Å². The predicted octanol–water partition coefficient (Wildman–Crippen LogP) is 4.30. The first-order chi connectivity index (χ1) is 14.0. The topological polar surface area (TPSA) is 70.2 Å². The highest BCUT2D eigenvalue weighted by Gasteiger charge is 2.09. The third kappa shape index (κ3) is 5.99. The first-order valence-electron chi connectivity index (χ1n) is 9.13. The van der Waals surface area contributed by atoms with E-state index in [0.717, 1.165) is 11.1 Å².